The molecule has 25 heavy (non-hydrogen) atoms. The van der Waals surface area contributed by atoms with Crippen LogP contribution in [0.4, 0.5) is 0 Å². The number of ether oxygens (including phenoxy) is 2. The maximum Gasteiger partial charge on any atom is 0.317 e. The number of rotatable bonds is 5. The van der Waals surface area contributed by atoms with Crippen molar-refractivity contribution in [2.75, 3.05) is 19.7 Å². The summed E-state index contributed by atoms with van der Waals surface area (Å²) < 4.78 is 11.3. The fourth-order valence-corrected chi connectivity index (χ4v) is 2.88. The maximum absolute atomic E-state index is 12.8. The number of likely N-dealkylation sites (tertiary alicyclic amines) is 1. The van der Waals surface area contributed by atoms with Crippen molar-refractivity contribution in [2.24, 2.45) is 0 Å². The summed E-state index contributed by atoms with van der Waals surface area (Å²) in [5, 5.41) is 0. The van der Waals surface area contributed by atoms with Crippen LogP contribution < -0.4 is 9.47 Å². The number of amides is 1. The lowest BCUT2D eigenvalue weighted by molar-refractivity contribution is 0.0764. The van der Waals surface area contributed by atoms with Crippen LogP contribution in [0, 0.1) is 13.8 Å². The van der Waals surface area contributed by atoms with Crippen molar-refractivity contribution >= 4 is 5.91 Å². The fourth-order valence-electron chi connectivity index (χ4n) is 2.88. The minimum Gasteiger partial charge on any atom is -0.477 e. The maximum atomic E-state index is 12.8. The topological polar surface area (TPSA) is 77.4 Å². The Bertz CT molecular complexity index is 745. The largest absolute Gasteiger partial charge is 0.477 e. The lowest BCUT2D eigenvalue weighted by Gasteiger charge is -2.18. The molecule has 0 unspecified atom stereocenters. The Kier molecular flexibility index (Phi) is 5.11. The van der Waals surface area contributed by atoms with Gasteiger partial charge in [-0.25, -0.2) is 15.0 Å². The van der Waals surface area contributed by atoms with Gasteiger partial charge in [0.15, 0.2) is 0 Å². The van der Waals surface area contributed by atoms with Crippen LogP contribution in [0.5, 0.6) is 11.9 Å². The smallest absolute Gasteiger partial charge is 0.317 e. The van der Waals surface area contributed by atoms with Gasteiger partial charge in [0.25, 0.3) is 5.91 Å². The van der Waals surface area contributed by atoms with Crippen molar-refractivity contribution in [3.63, 3.8) is 0 Å². The summed E-state index contributed by atoms with van der Waals surface area (Å²) >= 11 is 0. The molecule has 2 aromatic rings. The molecule has 7 heteroatoms. The number of pyridine rings is 1. The van der Waals surface area contributed by atoms with Gasteiger partial charge in [-0.05, 0) is 39.0 Å². The van der Waals surface area contributed by atoms with Crippen LogP contribution in [0.2, 0.25) is 0 Å². The van der Waals surface area contributed by atoms with E-state index in [1.165, 1.54) is 0 Å². The average molecular weight is 342 g/mol. The third-order valence-corrected chi connectivity index (χ3v) is 3.95. The first-order valence-electron chi connectivity index (χ1n) is 8.43. The van der Waals surface area contributed by atoms with E-state index in [9.17, 15) is 4.79 Å². The van der Waals surface area contributed by atoms with Crippen LogP contribution in [-0.2, 0) is 0 Å². The molecule has 0 bridgehead atoms. The van der Waals surface area contributed by atoms with Gasteiger partial charge < -0.3 is 14.4 Å². The molecule has 1 fully saturated rings. The molecule has 7 nitrogen and oxygen atoms in total. The van der Waals surface area contributed by atoms with E-state index >= 15 is 0 Å². The molecule has 0 saturated carbocycles. The highest BCUT2D eigenvalue weighted by Gasteiger charge is 2.30. The average Bonchev–Trinajstić information content (AvgIpc) is 3.02. The van der Waals surface area contributed by atoms with Crippen molar-refractivity contribution in [3.05, 3.63) is 41.3 Å². The second kappa shape index (κ2) is 7.46. The van der Waals surface area contributed by atoms with E-state index in [0.29, 0.717) is 37.2 Å². The van der Waals surface area contributed by atoms with E-state index in [4.69, 9.17) is 9.47 Å². The van der Waals surface area contributed by atoms with E-state index in [1.54, 1.807) is 23.2 Å². The van der Waals surface area contributed by atoms with E-state index in [-0.39, 0.29) is 12.0 Å². The number of carbonyl (C=O) groups is 1. The Morgan fingerprint density at radius 2 is 2.08 bits per heavy atom. The van der Waals surface area contributed by atoms with E-state index in [1.807, 2.05) is 26.8 Å². The zero-order valence-electron chi connectivity index (χ0n) is 14.7. The van der Waals surface area contributed by atoms with Gasteiger partial charge >= 0.3 is 6.01 Å². The first kappa shape index (κ1) is 17.1. The summed E-state index contributed by atoms with van der Waals surface area (Å²) in [7, 11) is 0. The number of hydrogen-bond donors (Lipinski definition) is 0. The predicted molar refractivity (Wildman–Crippen MR) is 91.8 cm³/mol. The van der Waals surface area contributed by atoms with Crippen LogP contribution in [-0.4, -0.2) is 51.6 Å². The van der Waals surface area contributed by atoms with Gasteiger partial charge in [-0.1, -0.05) is 0 Å². The SMILES string of the molecule is CCOc1ncccc1C(=O)N1CC[C@@H](Oc2nc(C)cc(C)n2)C1. The molecule has 0 aromatic carbocycles. The second-order valence-corrected chi connectivity index (χ2v) is 6.00. The Morgan fingerprint density at radius 3 is 2.80 bits per heavy atom. The molecule has 3 heterocycles. The third kappa shape index (κ3) is 4.04. The highest BCUT2D eigenvalue weighted by molar-refractivity contribution is 5.96. The van der Waals surface area contributed by atoms with Crippen molar-refractivity contribution in [1.82, 2.24) is 19.9 Å². The van der Waals surface area contributed by atoms with Crippen LogP contribution in [0.25, 0.3) is 0 Å². The van der Waals surface area contributed by atoms with Crippen molar-refractivity contribution in [2.45, 2.75) is 33.3 Å². The van der Waals surface area contributed by atoms with Gasteiger partial charge in [-0.2, -0.15) is 0 Å². The number of nitrogens with zero attached hydrogens (tertiary/aromatic N) is 4. The minimum atomic E-state index is -0.114. The summed E-state index contributed by atoms with van der Waals surface area (Å²) in [6.07, 6.45) is 2.25. The van der Waals surface area contributed by atoms with Gasteiger partial charge in [0.2, 0.25) is 5.88 Å². The quantitative estimate of drug-likeness (QED) is 0.829. The highest BCUT2D eigenvalue weighted by Crippen LogP contribution is 2.22. The summed E-state index contributed by atoms with van der Waals surface area (Å²) in [5.74, 6) is 0.279. The Hall–Kier alpha value is -2.70. The van der Waals surface area contributed by atoms with Crippen LogP contribution in [0.15, 0.2) is 24.4 Å². The molecule has 0 N–H and O–H groups in total. The van der Waals surface area contributed by atoms with Crippen LogP contribution >= 0.6 is 0 Å². The number of aromatic nitrogens is 3. The van der Waals surface area contributed by atoms with Crippen LogP contribution in [0.1, 0.15) is 35.1 Å². The van der Waals surface area contributed by atoms with Crippen molar-refractivity contribution in [1.29, 1.82) is 0 Å². The first-order valence-corrected chi connectivity index (χ1v) is 8.43. The van der Waals surface area contributed by atoms with Gasteiger partial charge in [-0.3, -0.25) is 4.79 Å². The molecular weight excluding hydrogens is 320 g/mol. The summed E-state index contributed by atoms with van der Waals surface area (Å²) in [4.78, 5) is 27.3. The zero-order chi connectivity index (χ0) is 17.8. The number of aryl methyl sites for hydroxylation is 2. The Labute approximate surface area is 147 Å². The van der Waals surface area contributed by atoms with Gasteiger partial charge in [0.05, 0.1) is 13.2 Å². The summed E-state index contributed by atoms with van der Waals surface area (Å²) in [5.41, 5.74) is 2.21. The van der Waals surface area contributed by atoms with E-state index in [2.05, 4.69) is 15.0 Å². The zero-order valence-corrected chi connectivity index (χ0v) is 14.7. The highest BCUT2D eigenvalue weighted by atomic mass is 16.5. The third-order valence-electron chi connectivity index (χ3n) is 3.95. The molecule has 1 saturated heterocycles. The number of carbonyl (C=O) groups excluding carboxylic acids is 1. The van der Waals surface area contributed by atoms with Gasteiger partial charge in [0, 0.05) is 30.6 Å². The molecule has 0 spiro atoms. The lowest BCUT2D eigenvalue weighted by atomic mass is 10.2. The molecule has 1 aliphatic heterocycles. The van der Waals surface area contributed by atoms with Crippen LogP contribution in [0.3, 0.4) is 0 Å². The van der Waals surface area contributed by atoms with Crippen molar-refractivity contribution in [3.8, 4) is 11.9 Å². The summed E-state index contributed by atoms with van der Waals surface area (Å²) in [6.45, 7) is 7.26. The monoisotopic (exact) mass is 342 g/mol. The Morgan fingerprint density at radius 1 is 1.32 bits per heavy atom. The predicted octanol–water partition coefficient (Wildman–Crippen LogP) is 2.18. The molecule has 1 amide bonds. The summed E-state index contributed by atoms with van der Waals surface area (Å²) in [6, 6.07) is 5.74. The molecule has 0 aliphatic carbocycles. The standard InChI is InChI=1S/C18H22N4O3/c1-4-24-16-15(6-5-8-19-16)17(23)22-9-7-14(11-22)25-18-20-12(2)10-13(3)21-18/h5-6,8,10,14H,4,7,9,11H2,1-3H3/t14-/m1/s1. The number of hydrogen-bond acceptors (Lipinski definition) is 6. The van der Waals surface area contributed by atoms with Gasteiger partial charge in [-0.15, -0.1) is 0 Å². The van der Waals surface area contributed by atoms with Crippen molar-refractivity contribution < 1.29 is 14.3 Å². The lowest BCUT2D eigenvalue weighted by Crippen LogP contribution is -2.31. The molecule has 1 aliphatic rings. The molecule has 2 aromatic heterocycles. The van der Waals surface area contributed by atoms with E-state index in [0.717, 1.165) is 17.8 Å². The molecular formula is C18H22N4O3. The van der Waals surface area contributed by atoms with E-state index < -0.39 is 0 Å². The molecule has 132 valence electrons. The Balaban J connectivity index is 1.67. The first-order chi connectivity index (χ1) is 12.1. The second-order valence-electron chi connectivity index (χ2n) is 6.00. The normalized spacial score (nSPS) is 16.8. The molecule has 1 atom stereocenters. The molecule has 0 radical (unpaired) electrons. The fraction of sp³-hybridized carbons (Fsp3) is 0.444. The molecule has 3 rings (SSSR count). The minimum absolute atomic E-state index is 0.0935. The van der Waals surface area contributed by atoms with Gasteiger partial charge in [0.1, 0.15) is 11.7 Å².